The third-order valence-electron chi connectivity index (χ3n) is 21.4. The van der Waals surface area contributed by atoms with Gasteiger partial charge in [0.2, 0.25) is 0 Å². The summed E-state index contributed by atoms with van der Waals surface area (Å²) < 4.78 is 68.9. The maximum Gasteiger partial charge on any atom is 0.472 e. The molecule has 108 heavy (non-hydrogen) atoms. The average molecular weight is 1580 g/mol. The number of carbonyl (C=O) groups excluding carboxylic acids is 4. The Balaban J connectivity index is 5.20. The largest absolute Gasteiger partial charge is 0.472 e. The van der Waals surface area contributed by atoms with Crippen LogP contribution in [0, 0.1) is 5.92 Å². The minimum Gasteiger partial charge on any atom is -0.462 e. The average Bonchev–Trinajstić information content (AvgIpc) is 0.900. The van der Waals surface area contributed by atoms with E-state index >= 15 is 0 Å². The van der Waals surface area contributed by atoms with Crippen LogP contribution in [0.4, 0.5) is 0 Å². The van der Waals surface area contributed by atoms with Gasteiger partial charge in [0.1, 0.15) is 19.3 Å². The highest BCUT2D eigenvalue weighted by Crippen LogP contribution is 2.45. The van der Waals surface area contributed by atoms with E-state index in [1.165, 1.54) is 308 Å². The van der Waals surface area contributed by atoms with Gasteiger partial charge in [0.05, 0.1) is 26.4 Å². The fraction of sp³-hybridized carbons (Fsp3) is 0.955. The second kappa shape index (κ2) is 81.6. The summed E-state index contributed by atoms with van der Waals surface area (Å²) in [4.78, 5) is 73.3. The number of phosphoric ester groups is 2. The van der Waals surface area contributed by atoms with Crippen molar-refractivity contribution >= 4 is 39.5 Å². The van der Waals surface area contributed by atoms with E-state index in [4.69, 9.17) is 37.0 Å². The Morgan fingerprint density at radius 1 is 0.259 bits per heavy atom. The molecule has 0 aromatic carbocycles. The minimum absolute atomic E-state index is 0.108. The Morgan fingerprint density at radius 3 is 0.657 bits per heavy atom. The molecule has 3 unspecified atom stereocenters. The highest BCUT2D eigenvalue weighted by molar-refractivity contribution is 7.47. The zero-order valence-electron chi connectivity index (χ0n) is 71.0. The number of carbonyl (C=O) groups is 4. The van der Waals surface area contributed by atoms with Gasteiger partial charge >= 0.3 is 39.5 Å². The van der Waals surface area contributed by atoms with Crippen LogP contribution in [0.1, 0.15) is 484 Å². The van der Waals surface area contributed by atoms with E-state index in [2.05, 4.69) is 34.6 Å². The van der Waals surface area contributed by atoms with Gasteiger partial charge in [0.15, 0.2) is 12.2 Å². The molecule has 0 heterocycles. The second-order valence-corrected chi connectivity index (χ2v) is 35.1. The number of phosphoric acid groups is 2. The van der Waals surface area contributed by atoms with E-state index in [0.717, 1.165) is 95.8 Å². The first-order valence-electron chi connectivity index (χ1n) is 46.2. The summed E-state index contributed by atoms with van der Waals surface area (Å²) in [6.45, 7) is 7.42. The van der Waals surface area contributed by atoms with Crippen LogP contribution < -0.4 is 0 Å². The van der Waals surface area contributed by atoms with Crippen LogP contribution in [0.2, 0.25) is 0 Å². The molecule has 642 valence electrons. The maximum absolute atomic E-state index is 13.2. The zero-order chi connectivity index (χ0) is 79.0. The van der Waals surface area contributed by atoms with Gasteiger partial charge in [0.25, 0.3) is 0 Å². The monoisotopic (exact) mass is 1580 g/mol. The number of esters is 4. The number of aliphatic hydroxyl groups is 1. The lowest BCUT2D eigenvalue weighted by molar-refractivity contribution is -0.161. The van der Waals surface area contributed by atoms with Crippen LogP contribution in [-0.4, -0.2) is 96.7 Å². The third-order valence-corrected chi connectivity index (χ3v) is 23.3. The summed E-state index contributed by atoms with van der Waals surface area (Å²) in [7, 11) is -9.93. The van der Waals surface area contributed by atoms with Crippen molar-refractivity contribution < 1.29 is 80.2 Å². The van der Waals surface area contributed by atoms with Gasteiger partial charge in [-0.25, -0.2) is 9.13 Å². The Kier molecular flexibility index (Phi) is 80.2. The fourth-order valence-electron chi connectivity index (χ4n) is 14.0. The van der Waals surface area contributed by atoms with E-state index in [-0.39, 0.29) is 25.7 Å². The summed E-state index contributed by atoms with van der Waals surface area (Å²) in [5.74, 6) is -1.25. The van der Waals surface area contributed by atoms with Gasteiger partial charge in [-0.2, -0.15) is 0 Å². The van der Waals surface area contributed by atoms with E-state index in [0.29, 0.717) is 25.7 Å². The standard InChI is InChI=1S/C89H174O17P2/c1-6-10-13-16-19-22-24-26-28-30-32-34-36-38-40-45-49-54-59-64-69-74-89(94)106-85(79-100-87(92)73-68-63-58-53-48-44-39-37-35-33-31-29-27-25-23-20-17-14-11-7-2)81-104-108(97,98)102-77-83(90)76-101-107(95,96)103-80-84(78-99-86(91)72-67-62-57-51-21-18-15-12-8-3)105-88(93)75-70-65-60-55-50-46-42-41-43-47-52-56-61-66-71-82(5)9-4/h82-85,90H,6-81H2,1-5H3,(H,95,96)(H,97,98)/t82?,83-,84+,85+/m0/s1. The van der Waals surface area contributed by atoms with E-state index in [1.807, 2.05) is 0 Å². The van der Waals surface area contributed by atoms with Crippen LogP contribution in [0.5, 0.6) is 0 Å². The van der Waals surface area contributed by atoms with Gasteiger partial charge in [-0.3, -0.25) is 37.3 Å². The predicted molar refractivity (Wildman–Crippen MR) is 446 cm³/mol. The molecule has 0 rings (SSSR count). The van der Waals surface area contributed by atoms with Crippen molar-refractivity contribution in [2.45, 2.75) is 502 Å². The molecule has 6 atom stereocenters. The fourth-order valence-corrected chi connectivity index (χ4v) is 15.5. The van der Waals surface area contributed by atoms with E-state index in [1.54, 1.807) is 0 Å². The molecule has 3 N–H and O–H groups in total. The van der Waals surface area contributed by atoms with E-state index < -0.39 is 97.5 Å². The molecular formula is C89H174O17P2. The first-order valence-corrected chi connectivity index (χ1v) is 49.2. The van der Waals surface area contributed by atoms with Crippen LogP contribution in [0.25, 0.3) is 0 Å². The van der Waals surface area contributed by atoms with Crippen molar-refractivity contribution in [3.05, 3.63) is 0 Å². The Hall–Kier alpha value is -1.94. The zero-order valence-corrected chi connectivity index (χ0v) is 72.8. The smallest absolute Gasteiger partial charge is 0.462 e. The summed E-state index contributed by atoms with van der Waals surface area (Å²) in [6.07, 6.45) is 76.5. The molecule has 0 spiro atoms. The minimum atomic E-state index is -4.97. The number of rotatable bonds is 89. The van der Waals surface area contributed by atoms with Crippen molar-refractivity contribution in [2.24, 2.45) is 5.92 Å². The first-order chi connectivity index (χ1) is 52.6. The number of aliphatic hydroxyl groups excluding tert-OH is 1. The van der Waals surface area contributed by atoms with Crippen LogP contribution in [-0.2, 0) is 65.4 Å². The molecule has 0 fully saturated rings. The van der Waals surface area contributed by atoms with Crippen LogP contribution in [0.3, 0.4) is 0 Å². The lowest BCUT2D eigenvalue weighted by Crippen LogP contribution is -2.30. The van der Waals surface area contributed by atoms with Crippen LogP contribution in [0.15, 0.2) is 0 Å². The Morgan fingerprint density at radius 2 is 0.444 bits per heavy atom. The van der Waals surface area contributed by atoms with Crippen molar-refractivity contribution in [3.63, 3.8) is 0 Å². The topological polar surface area (TPSA) is 237 Å². The summed E-state index contributed by atoms with van der Waals surface area (Å²) in [5, 5.41) is 10.7. The highest BCUT2D eigenvalue weighted by atomic mass is 31.2. The highest BCUT2D eigenvalue weighted by Gasteiger charge is 2.31. The lowest BCUT2D eigenvalue weighted by atomic mass is 9.99. The van der Waals surface area contributed by atoms with E-state index in [9.17, 15) is 43.2 Å². The molecule has 0 aliphatic carbocycles. The number of unbranched alkanes of at least 4 members (excludes halogenated alkanes) is 60. The summed E-state index contributed by atoms with van der Waals surface area (Å²) >= 11 is 0. The van der Waals surface area contributed by atoms with Gasteiger partial charge in [-0.15, -0.1) is 0 Å². The molecule has 0 saturated heterocycles. The molecule has 0 aromatic heterocycles. The number of hydrogen-bond acceptors (Lipinski definition) is 15. The van der Waals surface area contributed by atoms with Crippen molar-refractivity contribution in [3.8, 4) is 0 Å². The molecule has 0 aromatic rings. The number of hydrogen-bond donors (Lipinski definition) is 3. The first kappa shape index (κ1) is 106. The molecule has 0 aliphatic rings. The Bertz CT molecular complexity index is 2050. The molecule has 0 bridgehead atoms. The molecule has 0 radical (unpaired) electrons. The van der Waals surface area contributed by atoms with Crippen molar-refractivity contribution in [1.82, 2.24) is 0 Å². The second-order valence-electron chi connectivity index (χ2n) is 32.2. The Labute approximate surface area is 664 Å². The molecule has 0 aliphatic heterocycles. The van der Waals surface area contributed by atoms with Gasteiger partial charge in [-0.05, 0) is 31.6 Å². The van der Waals surface area contributed by atoms with Gasteiger partial charge in [0, 0.05) is 25.7 Å². The van der Waals surface area contributed by atoms with Crippen LogP contribution >= 0.6 is 15.6 Å². The number of ether oxygens (including phenoxy) is 4. The lowest BCUT2D eigenvalue weighted by Gasteiger charge is -2.21. The SMILES string of the molecule is CCCCCCCCCCCCCCCCCCCCCCCC(=O)O[C@H](COC(=O)CCCCCCCCCCCCCCCCCCCCCC)COP(=O)(O)OC[C@@H](O)COP(=O)(O)OC[C@@H](COC(=O)CCCCCCCCCCC)OC(=O)CCCCCCCCCCCCCCCCC(C)CC. The quantitative estimate of drug-likeness (QED) is 0.0222. The van der Waals surface area contributed by atoms with Crippen molar-refractivity contribution in [1.29, 1.82) is 0 Å². The van der Waals surface area contributed by atoms with Gasteiger partial charge < -0.3 is 33.8 Å². The third kappa shape index (κ3) is 80.7. The summed E-state index contributed by atoms with van der Waals surface area (Å²) in [6, 6.07) is 0. The van der Waals surface area contributed by atoms with Crippen molar-refractivity contribution in [2.75, 3.05) is 39.6 Å². The molecule has 17 nitrogen and oxygen atoms in total. The predicted octanol–water partition coefficient (Wildman–Crippen LogP) is 27.5. The molecular weight excluding hydrogens is 1400 g/mol. The summed E-state index contributed by atoms with van der Waals surface area (Å²) in [5.41, 5.74) is 0. The normalized spacial score (nSPS) is 14.0. The van der Waals surface area contributed by atoms with Gasteiger partial charge in [-0.1, -0.05) is 433 Å². The molecule has 19 heteroatoms. The molecule has 0 amide bonds. The molecule has 0 saturated carbocycles. The maximum atomic E-state index is 13.2.